The van der Waals surface area contributed by atoms with Crippen molar-refractivity contribution < 1.29 is 9.90 Å². The molecule has 0 heterocycles. The molecule has 0 amide bonds. The molecule has 1 fully saturated rings. The highest BCUT2D eigenvalue weighted by molar-refractivity contribution is 5.79. The Bertz CT molecular complexity index is 246. The first-order chi connectivity index (χ1) is 9.10. The summed E-state index contributed by atoms with van der Waals surface area (Å²) in [6.07, 6.45) is 15.5. The second kappa shape index (κ2) is 9.52. The number of rotatable bonds is 0. The number of carbonyl (C=O) groups is 1. The van der Waals surface area contributed by atoms with E-state index < -0.39 is 5.60 Å². The third kappa shape index (κ3) is 9.21. The maximum atomic E-state index is 11.8. The van der Waals surface area contributed by atoms with Crippen LogP contribution in [-0.2, 0) is 4.79 Å². The fourth-order valence-corrected chi connectivity index (χ4v) is 3.02. The topological polar surface area (TPSA) is 37.3 Å². The molecule has 0 aromatic rings. The molecule has 0 radical (unpaired) electrons. The maximum Gasteiger partial charge on any atom is 0.135 e. The van der Waals surface area contributed by atoms with Gasteiger partial charge in [-0.3, -0.25) is 4.79 Å². The molecular formula is C17H32O2. The Kier molecular flexibility index (Phi) is 8.36. The van der Waals surface area contributed by atoms with Gasteiger partial charge in [0.15, 0.2) is 0 Å². The average molecular weight is 268 g/mol. The summed E-state index contributed by atoms with van der Waals surface area (Å²) in [4.78, 5) is 11.8. The summed E-state index contributed by atoms with van der Waals surface area (Å²) in [5, 5.41) is 10.2. The first kappa shape index (κ1) is 16.7. The molecule has 0 aromatic heterocycles. The van der Waals surface area contributed by atoms with Gasteiger partial charge in [0.25, 0.3) is 0 Å². The Morgan fingerprint density at radius 2 is 1.21 bits per heavy atom. The first-order valence-corrected chi connectivity index (χ1v) is 8.34. The lowest BCUT2D eigenvalue weighted by atomic mass is 9.90. The van der Waals surface area contributed by atoms with E-state index in [0.717, 1.165) is 19.3 Å². The Morgan fingerprint density at radius 1 is 0.789 bits per heavy atom. The summed E-state index contributed by atoms with van der Waals surface area (Å²) in [6.45, 7) is 1.83. The highest BCUT2D eigenvalue weighted by Gasteiger charge is 2.23. The average Bonchev–Trinajstić information content (AvgIpc) is 2.33. The molecule has 0 aromatic carbocycles. The summed E-state index contributed by atoms with van der Waals surface area (Å²) in [5.41, 5.74) is -0.770. The van der Waals surface area contributed by atoms with Crippen LogP contribution in [0.15, 0.2) is 0 Å². The zero-order chi connectivity index (χ0) is 14.0. The number of aliphatic hydroxyl groups is 1. The Hall–Kier alpha value is -0.370. The highest BCUT2D eigenvalue weighted by atomic mass is 16.3. The van der Waals surface area contributed by atoms with Gasteiger partial charge in [0.1, 0.15) is 5.78 Å². The van der Waals surface area contributed by atoms with Gasteiger partial charge in [0.2, 0.25) is 0 Å². The van der Waals surface area contributed by atoms with Crippen LogP contribution in [0, 0.1) is 0 Å². The summed E-state index contributed by atoms with van der Waals surface area (Å²) < 4.78 is 0. The van der Waals surface area contributed by atoms with Gasteiger partial charge in [-0.25, -0.2) is 0 Å². The molecule has 1 saturated carbocycles. The van der Waals surface area contributed by atoms with Crippen LogP contribution in [0.25, 0.3) is 0 Å². The Labute approximate surface area is 119 Å². The predicted molar refractivity (Wildman–Crippen MR) is 80.3 cm³/mol. The number of Topliss-reactive ketones (excluding diaryl/α,β-unsaturated/α-hetero) is 1. The molecule has 2 heteroatoms. The van der Waals surface area contributed by atoms with Crippen LogP contribution in [0.4, 0.5) is 0 Å². The third-order valence-corrected chi connectivity index (χ3v) is 4.25. The van der Waals surface area contributed by atoms with Crippen molar-refractivity contribution in [3.63, 3.8) is 0 Å². The molecule has 19 heavy (non-hydrogen) atoms. The van der Waals surface area contributed by atoms with Gasteiger partial charge in [-0.2, -0.15) is 0 Å². The van der Waals surface area contributed by atoms with Gasteiger partial charge < -0.3 is 5.11 Å². The smallest absolute Gasteiger partial charge is 0.135 e. The van der Waals surface area contributed by atoms with E-state index in [4.69, 9.17) is 0 Å². The van der Waals surface area contributed by atoms with Crippen LogP contribution in [0.2, 0.25) is 0 Å². The molecule has 2 nitrogen and oxygen atoms in total. The van der Waals surface area contributed by atoms with Gasteiger partial charge in [-0.1, -0.05) is 64.2 Å². The number of carbonyl (C=O) groups excluding carboxylic acids is 1. The van der Waals surface area contributed by atoms with Gasteiger partial charge in [0, 0.05) is 12.8 Å². The minimum atomic E-state index is -0.770. The van der Waals surface area contributed by atoms with E-state index in [1.165, 1.54) is 57.8 Å². The van der Waals surface area contributed by atoms with Crippen LogP contribution in [0.5, 0.6) is 0 Å². The third-order valence-electron chi connectivity index (χ3n) is 4.25. The maximum absolute atomic E-state index is 11.8. The summed E-state index contributed by atoms with van der Waals surface area (Å²) in [6, 6.07) is 0. The van der Waals surface area contributed by atoms with Crippen molar-refractivity contribution in [2.24, 2.45) is 0 Å². The lowest BCUT2D eigenvalue weighted by molar-refractivity contribution is -0.123. The van der Waals surface area contributed by atoms with Crippen LogP contribution < -0.4 is 0 Å². The molecule has 0 bridgehead atoms. The largest absolute Gasteiger partial charge is 0.390 e. The summed E-state index contributed by atoms with van der Waals surface area (Å²) in [5.74, 6) is 0.247. The first-order valence-electron chi connectivity index (χ1n) is 8.34. The molecule has 1 aliphatic rings. The van der Waals surface area contributed by atoms with Crippen molar-refractivity contribution >= 4 is 5.78 Å². The fourth-order valence-electron chi connectivity index (χ4n) is 3.02. The second-order valence-corrected chi connectivity index (χ2v) is 6.60. The molecule has 0 saturated heterocycles. The summed E-state index contributed by atoms with van der Waals surface area (Å²) in [7, 11) is 0. The lowest BCUT2D eigenvalue weighted by Crippen LogP contribution is -2.27. The molecule has 112 valence electrons. The normalized spacial score (nSPS) is 30.1. The fraction of sp³-hybridized carbons (Fsp3) is 0.941. The van der Waals surface area contributed by atoms with Gasteiger partial charge >= 0.3 is 0 Å². The van der Waals surface area contributed by atoms with E-state index in [-0.39, 0.29) is 5.78 Å². The van der Waals surface area contributed by atoms with Crippen molar-refractivity contribution in [3.8, 4) is 0 Å². The van der Waals surface area contributed by atoms with Crippen LogP contribution in [-0.4, -0.2) is 16.5 Å². The van der Waals surface area contributed by atoms with E-state index in [1.54, 1.807) is 0 Å². The number of hydrogen-bond donors (Lipinski definition) is 1. The minimum absolute atomic E-state index is 0.247. The standard InChI is InChI=1S/C17H32O2/c1-17(19)14-12-10-8-6-4-2-3-5-7-9-11-13-16(18)15-17/h19H,2-15H2,1H3. The van der Waals surface area contributed by atoms with Crippen LogP contribution >= 0.6 is 0 Å². The predicted octanol–water partition coefficient (Wildman–Crippen LogP) is 4.78. The molecular weight excluding hydrogens is 236 g/mol. The molecule has 1 atom stereocenters. The Morgan fingerprint density at radius 3 is 1.74 bits per heavy atom. The van der Waals surface area contributed by atoms with Gasteiger partial charge in [-0.15, -0.1) is 0 Å². The quantitative estimate of drug-likeness (QED) is 0.686. The van der Waals surface area contributed by atoms with Crippen molar-refractivity contribution in [2.45, 2.75) is 102 Å². The number of hydrogen-bond acceptors (Lipinski definition) is 2. The zero-order valence-corrected chi connectivity index (χ0v) is 12.8. The molecule has 0 aliphatic heterocycles. The second-order valence-electron chi connectivity index (χ2n) is 6.60. The van der Waals surface area contributed by atoms with Crippen LogP contribution in [0.3, 0.4) is 0 Å². The van der Waals surface area contributed by atoms with E-state index in [0.29, 0.717) is 12.8 Å². The van der Waals surface area contributed by atoms with Crippen molar-refractivity contribution in [3.05, 3.63) is 0 Å². The van der Waals surface area contributed by atoms with E-state index in [2.05, 4.69) is 0 Å². The molecule has 1 rings (SSSR count). The van der Waals surface area contributed by atoms with E-state index in [1.807, 2.05) is 6.92 Å². The highest BCUT2D eigenvalue weighted by Crippen LogP contribution is 2.22. The van der Waals surface area contributed by atoms with Gasteiger partial charge in [0.05, 0.1) is 5.60 Å². The molecule has 1 unspecified atom stereocenters. The summed E-state index contributed by atoms with van der Waals surface area (Å²) >= 11 is 0. The molecule has 1 N–H and O–H groups in total. The van der Waals surface area contributed by atoms with Crippen molar-refractivity contribution in [2.75, 3.05) is 0 Å². The van der Waals surface area contributed by atoms with Crippen molar-refractivity contribution in [1.82, 2.24) is 0 Å². The monoisotopic (exact) mass is 268 g/mol. The van der Waals surface area contributed by atoms with E-state index in [9.17, 15) is 9.90 Å². The van der Waals surface area contributed by atoms with Crippen molar-refractivity contribution in [1.29, 1.82) is 0 Å². The lowest BCUT2D eigenvalue weighted by Gasteiger charge is -2.22. The Balaban J connectivity index is 2.33. The van der Waals surface area contributed by atoms with Gasteiger partial charge in [-0.05, 0) is 19.8 Å². The van der Waals surface area contributed by atoms with Crippen LogP contribution in [0.1, 0.15) is 96.8 Å². The molecule has 1 aliphatic carbocycles. The number of ketones is 1. The molecule has 0 spiro atoms. The van der Waals surface area contributed by atoms with E-state index >= 15 is 0 Å². The minimum Gasteiger partial charge on any atom is -0.390 e. The SMILES string of the molecule is CC1(O)CCCCCCCCCCCCCC(=O)C1. The zero-order valence-electron chi connectivity index (χ0n) is 12.8.